The molecule has 0 amide bonds. The zero-order valence-electron chi connectivity index (χ0n) is 7.88. The molecule has 0 fully saturated rings. The Morgan fingerprint density at radius 1 is 1.58 bits per heavy atom. The molecule has 0 aliphatic carbocycles. The molecule has 0 aliphatic rings. The maximum atomic E-state index is 4.29. The summed E-state index contributed by atoms with van der Waals surface area (Å²) in [6, 6.07) is 0. The van der Waals surface area contributed by atoms with Crippen LogP contribution >= 0.6 is 0 Å². The Hall–Kier alpha value is -0.830. The fourth-order valence-corrected chi connectivity index (χ4v) is 1.28. The van der Waals surface area contributed by atoms with Gasteiger partial charge in [-0.05, 0) is 26.9 Å². The lowest BCUT2D eigenvalue weighted by molar-refractivity contribution is 0.647. The molecule has 1 rings (SSSR count). The average Bonchev–Trinajstić information content (AvgIpc) is 2.52. The van der Waals surface area contributed by atoms with Crippen LogP contribution in [-0.4, -0.2) is 23.1 Å². The van der Waals surface area contributed by atoms with Crippen LogP contribution in [-0.2, 0) is 13.0 Å². The minimum atomic E-state index is 1.02. The van der Waals surface area contributed by atoms with Gasteiger partial charge in [0.1, 0.15) is 5.82 Å². The number of aryl methyl sites for hydroxylation is 2. The molecule has 1 aromatic rings. The van der Waals surface area contributed by atoms with Crippen LogP contribution in [0, 0.1) is 0 Å². The van der Waals surface area contributed by atoms with E-state index in [0.29, 0.717) is 0 Å². The van der Waals surface area contributed by atoms with Crippen LogP contribution in [0.1, 0.15) is 19.2 Å². The fraction of sp³-hybridized carbons (Fsp3) is 0.667. The van der Waals surface area contributed by atoms with E-state index in [0.717, 1.165) is 25.9 Å². The Morgan fingerprint density at radius 3 is 3.08 bits per heavy atom. The summed E-state index contributed by atoms with van der Waals surface area (Å²) in [5.41, 5.74) is 0. The quantitative estimate of drug-likeness (QED) is 0.664. The van der Waals surface area contributed by atoms with E-state index in [9.17, 15) is 0 Å². The molecule has 0 bridgehead atoms. The topological polar surface area (TPSA) is 29.9 Å². The van der Waals surface area contributed by atoms with Gasteiger partial charge >= 0.3 is 0 Å². The van der Waals surface area contributed by atoms with Crippen LogP contribution in [0.2, 0.25) is 0 Å². The van der Waals surface area contributed by atoms with Gasteiger partial charge in [0, 0.05) is 25.4 Å². The summed E-state index contributed by atoms with van der Waals surface area (Å²) in [6.07, 6.45) is 6.14. The molecule has 12 heavy (non-hydrogen) atoms. The van der Waals surface area contributed by atoms with Gasteiger partial charge < -0.3 is 9.88 Å². The van der Waals surface area contributed by atoms with E-state index in [4.69, 9.17) is 0 Å². The van der Waals surface area contributed by atoms with Crippen molar-refractivity contribution in [2.45, 2.75) is 26.3 Å². The van der Waals surface area contributed by atoms with Gasteiger partial charge in [0.2, 0.25) is 0 Å². The number of nitrogens with one attached hydrogen (secondary N) is 1. The van der Waals surface area contributed by atoms with E-state index in [1.54, 1.807) is 0 Å². The molecule has 3 nitrogen and oxygen atoms in total. The predicted molar refractivity (Wildman–Crippen MR) is 50.1 cm³/mol. The molecule has 3 heteroatoms. The van der Waals surface area contributed by atoms with Crippen LogP contribution in [0.3, 0.4) is 0 Å². The van der Waals surface area contributed by atoms with Gasteiger partial charge in [-0.25, -0.2) is 4.98 Å². The van der Waals surface area contributed by atoms with Gasteiger partial charge in [-0.1, -0.05) is 0 Å². The highest BCUT2D eigenvalue weighted by Crippen LogP contribution is 2.00. The highest BCUT2D eigenvalue weighted by molar-refractivity contribution is 4.92. The standard InChI is InChI=1S/C9H17N3/c1-3-12-8-7-11-9(12)5-4-6-10-2/h7-8,10H,3-6H2,1-2H3. The lowest BCUT2D eigenvalue weighted by atomic mass is 10.3. The van der Waals surface area contributed by atoms with E-state index in [2.05, 4.69) is 21.8 Å². The minimum Gasteiger partial charge on any atom is -0.335 e. The molecule has 0 aromatic carbocycles. The Labute approximate surface area is 73.8 Å². The van der Waals surface area contributed by atoms with Crippen LogP contribution in [0.5, 0.6) is 0 Å². The summed E-state index contributed by atoms with van der Waals surface area (Å²) >= 11 is 0. The third-order valence-electron chi connectivity index (χ3n) is 1.97. The monoisotopic (exact) mass is 167 g/mol. The van der Waals surface area contributed by atoms with Gasteiger partial charge in [-0.2, -0.15) is 0 Å². The SMILES string of the molecule is CCn1ccnc1CCCNC. The smallest absolute Gasteiger partial charge is 0.108 e. The van der Waals surface area contributed by atoms with Crippen LogP contribution in [0.25, 0.3) is 0 Å². The Kier molecular flexibility index (Phi) is 3.80. The molecule has 0 aliphatic heterocycles. The van der Waals surface area contributed by atoms with Crippen molar-refractivity contribution in [3.63, 3.8) is 0 Å². The highest BCUT2D eigenvalue weighted by atomic mass is 15.0. The minimum absolute atomic E-state index is 1.02. The van der Waals surface area contributed by atoms with Crippen molar-refractivity contribution in [3.8, 4) is 0 Å². The van der Waals surface area contributed by atoms with Gasteiger partial charge in [0.15, 0.2) is 0 Å². The third-order valence-corrected chi connectivity index (χ3v) is 1.97. The van der Waals surface area contributed by atoms with Crippen molar-refractivity contribution in [1.82, 2.24) is 14.9 Å². The zero-order chi connectivity index (χ0) is 8.81. The Bertz CT molecular complexity index is 217. The van der Waals surface area contributed by atoms with Crippen LogP contribution in [0.4, 0.5) is 0 Å². The Balaban J connectivity index is 2.39. The second-order valence-electron chi connectivity index (χ2n) is 2.84. The van der Waals surface area contributed by atoms with Crippen molar-refractivity contribution in [3.05, 3.63) is 18.2 Å². The number of rotatable bonds is 5. The molecule has 0 atom stereocenters. The normalized spacial score (nSPS) is 10.5. The van der Waals surface area contributed by atoms with Gasteiger partial charge in [-0.3, -0.25) is 0 Å². The fourth-order valence-electron chi connectivity index (χ4n) is 1.28. The molecular formula is C9H17N3. The summed E-state index contributed by atoms with van der Waals surface area (Å²) in [6.45, 7) is 4.23. The summed E-state index contributed by atoms with van der Waals surface area (Å²) in [4.78, 5) is 4.29. The lowest BCUT2D eigenvalue weighted by Crippen LogP contribution is -2.10. The van der Waals surface area contributed by atoms with Gasteiger partial charge in [0.25, 0.3) is 0 Å². The van der Waals surface area contributed by atoms with Crippen molar-refractivity contribution in [2.75, 3.05) is 13.6 Å². The number of hydrogen-bond donors (Lipinski definition) is 1. The molecule has 1 heterocycles. The highest BCUT2D eigenvalue weighted by Gasteiger charge is 1.98. The van der Waals surface area contributed by atoms with Gasteiger partial charge in [0.05, 0.1) is 0 Å². The molecule has 1 aromatic heterocycles. The summed E-state index contributed by atoms with van der Waals surface area (Å²) in [7, 11) is 1.98. The molecule has 0 spiro atoms. The van der Waals surface area contributed by atoms with E-state index in [1.165, 1.54) is 5.82 Å². The maximum absolute atomic E-state index is 4.29. The van der Waals surface area contributed by atoms with Gasteiger partial charge in [-0.15, -0.1) is 0 Å². The second-order valence-corrected chi connectivity index (χ2v) is 2.84. The predicted octanol–water partition coefficient (Wildman–Crippen LogP) is 1.05. The third kappa shape index (κ3) is 2.34. The number of nitrogens with zero attached hydrogens (tertiary/aromatic N) is 2. The first-order chi connectivity index (χ1) is 5.88. The molecule has 68 valence electrons. The molecule has 0 saturated carbocycles. The number of hydrogen-bond acceptors (Lipinski definition) is 2. The maximum Gasteiger partial charge on any atom is 0.108 e. The first-order valence-corrected chi connectivity index (χ1v) is 4.53. The largest absolute Gasteiger partial charge is 0.335 e. The summed E-state index contributed by atoms with van der Waals surface area (Å²) < 4.78 is 2.19. The summed E-state index contributed by atoms with van der Waals surface area (Å²) in [5, 5.41) is 3.13. The molecule has 0 saturated heterocycles. The van der Waals surface area contributed by atoms with Crippen molar-refractivity contribution >= 4 is 0 Å². The Morgan fingerprint density at radius 2 is 2.42 bits per heavy atom. The zero-order valence-corrected chi connectivity index (χ0v) is 7.88. The first-order valence-electron chi connectivity index (χ1n) is 4.53. The molecule has 0 unspecified atom stereocenters. The van der Waals surface area contributed by atoms with Crippen molar-refractivity contribution in [1.29, 1.82) is 0 Å². The lowest BCUT2D eigenvalue weighted by Gasteiger charge is -2.03. The van der Waals surface area contributed by atoms with E-state index >= 15 is 0 Å². The van der Waals surface area contributed by atoms with Crippen molar-refractivity contribution < 1.29 is 0 Å². The summed E-state index contributed by atoms with van der Waals surface area (Å²) in [5.74, 6) is 1.20. The number of imidazole rings is 1. The van der Waals surface area contributed by atoms with E-state index in [1.807, 2.05) is 19.4 Å². The molecule has 0 radical (unpaired) electrons. The second kappa shape index (κ2) is 4.93. The van der Waals surface area contributed by atoms with E-state index in [-0.39, 0.29) is 0 Å². The average molecular weight is 167 g/mol. The van der Waals surface area contributed by atoms with Crippen LogP contribution in [0.15, 0.2) is 12.4 Å². The molecule has 1 N–H and O–H groups in total. The first kappa shape index (κ1) is 9.26. The molecular weight excluding hydrogens is 150 g/mol. The van der Waals surface area contributed by atoms with Crippen LogP contribution < -0.4 is 5.32 Å². The number of aromatic nitrogens is 2. The van der Waals surface area contributed by atoms with E-state index < -0.39 is 0 Å². The van der Waals surface area contributed by atoms with Crippen molar-refractivity contribution in [2.24, 2.45) is 0 Å².